The number of aromatic nitrogens is 3. The number of carbonyl (C=O) groups excluding carboxylic acids is 1. The molecule has 2 heterocycles. The fourth-order valence-corrected chi connectivity index (χ4v) is 6.99. The van der Waals surface area contributed by atoms with Gasteiger partial charge in [-0.05, 0) is 57.7 Å². The minimum Gasteiger partial charge on any atom is -0.447 e. The van der Waals surface area contributed by atoms with Gasteiger partial charge in [-0.3, -0.25) is 4.79 Å². The van der Waals surface area contributed by atoms with Crippen molar-refractivity contribution in [2.45, 2.75) is 69.4 Å². The normalized spacial score (nSPS) is 17.7. The van der Waals surface area contributed by atoms with Crippen LogP contribution in [0.1, 0.15) is 57.4 Å². The third kappa shape index (κ3) is 7.22. The Morgan fingerprint density at radius 3 is 2.59 bits per heavy atom. The number of hydrogen-bond donors (Lipinski definition) is 3. The lowest BCUT2D eigenvalue weighted by Crippen LogP contribution is -2.38. The highest BCUT2D eigenvalue weighted by Gasteiger charge is 2.27. The molecule has 3 aromatic rings. The molecule has 0 atom stereocenters. The Morgan fingerprint density at radius 2 is 1.92 bits per heavy atom. The molecule has 0 radical (unpaired) electrons. The van der Waals surface area contributed by atoms with Gasteiger partial charge >= 0.3 is 6.09 Å². The van der Waals surface area contributed by atoms with Crippen molar-refractivity contribution in [3.63, 3.8) is 0 Å². The fraction of sp³-hybridized carbons (Fsp3) is 0.462. The van der Waals surface area contributed by atoms with Crippen molar-refractivity contribution >= 4 is 39.0 Å². The van der Waals surface area contributed by atoms with Crippen molar-refractivity contribution in [1.29, 1.82) is 0 Å². The van der Waals surface area contributed by atoms with E-state index in [1.54, 1.807) is 44.4 Å². The SMILES string of the molecule is CCNS(=O)(=O)c1cc(Nc2ccc(=O)n(C)n2)ccc1-c1cnc(C2CCC(NC(=O)OC(C)C)CC2)s1. The van der Waals surface area contributed by atoms with E-state index in [4.69, 9.17) is 4.74 Å². The lowest BCUT2D eigenvalue weighted by atomic mass is 9.86. The quantitative estimate of drug-likeness (QED) is 0.346. The highest BCUT2D eigenvalue weighted by molar-refractivity contribution is 7.89. The minimum absolute atomic E-state index is 0.0744. The van der Waals surface area contributed by atoms with Gasteiger partial charge in [0.15, 0.2) is 5.82 Å². The van der Waals surface area contributed by atoms with Crippen molar-refractivity contribution < 1.29 is 17.9 Å². The Kier molecular flexibility index (Phi) is 9.03. The number of carbonyl (C=O) groups is 1. The number of rotatable bonds is 9. The Hall–Kier alpha value is -3.29. The first-order valence-electron chi connectivity index (χ1n) is 12.9. The van der Waals surface area contributed by atoms with Crippen LogP contribution in [0.3, 0.4) is 0 Å². The van der Waals surface area contributed by atoms with Gasteiger partial charge in [0.1, 0.15) is 0 Å². The second kappa shape index (κ2) is 12.3. The van der Waals surface area contributed by atoms with Crippen LogP contribution in [0.4, 0.5) is 16.3 Å². The number of nitrogens with one attached hydrogen (secondary N) is 3. The van der Waals surface area contributed by atoms with Crippen LogP contribution in [-0.4, -0.2) is 48.0 Å². The molecule has 2 aromatic heterocycles. The maximum absolute atomic E-state index is 13.2. The first kappa shape index (κ1) is 28.7. The van der Waals surface area contributed by atoms with E-state index in [9.17, 15) is 18.0 Å². The molecule has 0 bridgehead atoms. The van der Waals surface area contributed by atoms with Crippen LogP contribution in [0.15, 0.2) is 46.2 Å². The van der Waals surface area contributed by atoms with Crippen molar-refractivity contribution in [3.05, 3.63) is 51.9 Å². The average Bonchev–Trinajstić information content (AvgIpc) is 3.36. The maximum atomic E-state index is 13.2. The molecule has 39 heavy (non-hydrogen) atoms. The molecule has 1 aliphatic carbocycles. The number of hydrogen-bond acceptors (Lipinski definition) is 9. The van der Waals surface area contributed by atoms with Gasteiger partial charge < -0.3 is 15.4 Å². The Labute approximate surface area is 232 Å². The van der Waals surface area contributed by atoms with Crippen LogP contribution >= 0.6 is 11.3 Å². The smallest absolute Gasteiger partial charge is 0.407 e. The minimum atomic E-state index is -3.80. The monoisotopic (exact) mass is 574 g/mol. The number of amides is 1. The number of anilines is 2. The number of thiazole rings is 1. The van der Waals surface area contributed by atoms with Gasteiger partial charge in [0.05, 0.1) is 20.9 Å². The molecule has 13 heteroatoms. The number of alkyl carbamates (subject to hydrolysis) is 1. The third-order valence-electron chi connectivity index (χ3n) is 6.37. The number of ether oxygens (including phenoxy) is 1. The molecule has 1 aromatic carbocycles. The molecule has 0 spiro atoms. The van der Waals surface area contributed by atoms with Crippen molar-refractivity contribution in [1.82, 2.24) is 24.8 Å². The van der Waals surface area contributed by atoms with Gasteiger partial charge in [0, 0.05) is 49.1 Å². The summed E-state index contributed by atoms with van der Waals surface area (Å²) in [5.74, 6) is 0.660. The van der Waals surface area contributed by atoms with Gasteiger partial charge in [0.2, 0.25) is 10.0 Å². The summed E-state index contributed by atoms with van der Waals surface area (Å²) in [4.78, 5) is 29.1. The third-order valence-corrected chi connectivity index (χ3v) is 9.15. The Balaban J connectivity index is 1.54. The van der Waals surface area contributed by atoms with Gasteiger partial charge in [-0.1, -0.05) is 13.0 Å². The molecule has 4 rings (SSSR count). The highest BCUT2D eigenvalue weighted by Crippen LogP contribution is 2.40. The van der Waals surface area contributed by atoms with Gasteiger partial charge in [-0.15, -0.1) is 11.3 Å². The van der Waals surface area contributed by atoms with E-state index in [0.717, 1.165) is 35.6 Å². The highest BCUT2D eigenvalue weighted by atomic mass is 32.2. The zero-order valence-corrected chi connectivity index (χ0v) is 24.1. The molecule has 0 unspecified atom stereocenters. The lowest BCUT2D eigenvalue weighted by Gasteiger charge is -2.28. The van der Waals surface area contributed by atoms with E-state index in [1.807, 2.05) is 13.8 Å². The van der Waals surface area contributed by atoms with E-state index >= 15 is 0 Å². The lowest BCUT2D eigenvalue weighted by molar-refractivity contribution is 0.109. The van der Waals surface area contributed by atoms with Crippen LogP contribution in [0.25, 0.3) is 10.4 Å². The van der Waals surface area contributed by atoms with Crippen LogP contribution in [-0.2, 0) is 21.8 Å². The van der Waals surface area contributed by atoms with Gasteiger partial charge in [0.25, 0.3) is 5.56 Å². The summed E-state index contributed by atoms with van der Waals surface area (Å²) >= 11 is 1.49. The van der Waals surface area contributed by atoms with E-state index in [2.05, 4.69) is 25.4 Å². The molecule has 0 saturated heterocycles. The molecule has 210 valence electrons. The molecule has 1 amide bonds. The standard InChI is InChI=1S/C26H34N6O5S2/c1-5-28-39(35,36)22-14-19(29-23-12-13-24(33)32(4)31-23)10-11-20(22)21-15-27-25(38-21)17-6-8-18(9-7-17)30-26(34)37-16(2)3/h10-18,28H,5-9H2,1-4H3,(H,29,31)(H,30,34). The largest absolute Gasteiger partial charge is 0.447 e. The summed E-state index contributed by atoms with van der Waals surface area (Å²) in [6.07, 6.45) is 4.58. The van der Waals surface area contributed by atoms with Crippen LogP contribution in [0.5, 0.6) is 0 Å². The first-order valence-corrected chi connectivity index (χ1v) is 15.2. The summed E-state index contributed by atoms with van der Waals surface area (Å²) < 4.78 is 35.3. The predicted molar refractivity (Wildman–Crippen MR) is 151 cm³/mol. The molecular formula is C26H34N6O5S2. The summed E-state index contributed by atoms with van der Waals surface area (Å²) in [7, 11) is -2.26. The van der Waals surface area contributed by atoms with Crippen LogP contribution in [0.2, 0.25) is 0 Å². The van der Waals surface area contributed by atoms with E-state index in [1.165, 1.54) is 22.1 Å². The first-order chi connectivity index (χ1) is 18.6. The fourth-order valence-electron chi connectivity index (χ4n) is 4.51. The molecule has 11 nitrogen and oxygen atoms in total. The topological polar surface area (TPSA) is 144 Å². The zero-order chi connectivity index (χ0) is 28.2. The van der Waals surface area contributed by atoms with Crippen molar-refractivity contribution in [2.24, 2.45) is 7.05 Å². The predicted octanol–water partition coefficient (Wildman–Crippen LogP) is 4.11. The van der Waals surface area contributed by atoms with Crippen molar-refractivity contribution in [3.8, 4) is 10.4 Å². The second-order valence-electron chi connectivity index (χ2n) is 9.73. The van der Waals surface area contributed by atoms with Crippen LogP contribution < -0.4 is 20.9 Å². The van der Waals surface area contributed by atoms with Gasteiger partial charge in [-0.2, -0.15) is 5.10 Å². The van der Waals surface area contributed by atoms with Gasteiger partial charge in [-0.25, -0.2) is 27.6 Å². The molecule has 3 N–H and O–H groups in total. The summed E-state index contributed by atoms with van der Waals surface area (Å²) in [6.45, 7) is 5.62. The summed E-state index contributed by atoms with van der Waals surface area (Å²) in [5, 5.41) is 11.1. The van der Waals surface area contributed by atoms with Crippen molar-refractivity contribution in [2.75, 3.05) is 11.9 Å². The number of aryl methyl sites for hydroxylation is 1. The van der Waals surface area contributed by atoms with E-state index in [-0.39, 0.29) is 41.2 Å². The Morgan fingerprint density at radius 1 is 1.18 bits per heavy atom. The number of nitrogens with zero attached hydrogens (tertiary/aromatic N) is 3. The summed E-state index contributed by atoms with van der Waals surface area (Å²) in [5.41, 5.74) is 0.837. The second-order valence-corrected chi connectivity index (χ2v) is 12.5. The van der Waals surface area contributed by atoms with E-state index < -0.39 is 10.0 Å². The van der Waals surface area contributed by atoms with Crippen LogP contribution in [0, 0.1) is 0 Å². The maximum Gasteiger partial charge on any atom is 0.407 e. The Bertz CT molecular complexity index is 1480. The average molecular weight is 575 g/mol. The van der Waals surface area contributed by atoms with E-state index in [0.29, 0.717) is 17.1 Å². The number of sulfonamides is 1. The number of benzene rings is 1. The molecule has 1 saturated carbocycles. The molecule has 0 aliphatic heterocycles. The molecule has 1 fully saturated rings. The zero-order valence-electron chi connectivity index (χ0n) is 22.4. The molecular weight excluding hydrogens is 540 g/mol. The summed E-state index contributed by atoms with van der Waals surface area (Å²) in [6, 6.07) is 8.10. The molecule has 1 aliphatic rings.